The molecular weight excluding hydrogens is 362 g/mol. The first kappa shape index (κ1) is 19.4. The Morgan fingerprint density at radius 2 is 2.04 bits per heavy atom. The lowest BCUT2D eigenvalue weighted by Gasteiger charge is -2.07. The first-order chi connectivity index (χ1) is 11.8. The lowest BCUT2D eigenvalue weighted by atomic mass is 10.4. The van der Waals surface area contributed by atoms with Crippen LogP contribution in [-0.4, -0.2) is 37.8 Å². The molecule has 0 spiro atoms. The summed E-state index contributed by atoms with van der Waals surface area (Å²) in [5.74, 6) is 0. The molecule has 10 heteroatoms. The zero-order valence-corrected chi connectivity index (χ0v) is 16.1. The molecule has 2 aromatic heterocycles. The molecule has 0 saturated carbocycles. The van der Waals surface area contributed by atoms with E-state index in [4.69, 9.17) is 0 Å². The molecule has 0 saturated heterocycles. The Balaban J connectivity index is 1.70. The van der Waals surface area contributed by atoms with Gasteiger partial charge in [-0.05, 0) is 45.5 Å². The monoisotopic (exact) mass is 385 g/mol. The smallest absolute Gasteiger partial charge is 0.315 e. The quantitative estimate of drug-likeness (QED) is 0.597. The van der Waals surface area contributed by atoms with Gasteiger partial charge >= 0.3 is 6.03 Å². The number of carbonyl (C=O) groups excluding carboxylic acids is 1. The summed E-state index contributed by atoms with van der Waals surface area (Å²) in [6.45, 7) is 5.52. The molecule has 0 unspecified atom stereocenters. The fourth-order valence-corrected chi connectivity index (χ4v) is 4.39. The molecule has 8 nitrogen and oxygen atoms in total. The van der Waals surface area contributed by atoms with E-state index in [1.807, 2.05) is 24.6 Å². The zero-order valence-electron chi connectivity index (χ0n) is 14.5. The Bertz CT molecular complexity index is 826. The van der Waals surface area contributed by atoms with Crippen molar-refractivity contribution in [3.05, 3.63) is 34.5 Å². The van der Waals surface area contributed by atoms with E-state index in [1.165, 1.54) is 13.1 Å². The largest absolute Gasteiger partial charge is 0.338 e. The van der Waals surface area contributed by atoms with Gasteiger partial charge in [0.05, 0.1) is 12.2 Å². The van der Waals surface area contributed by atoms with Gasteiger partial charge in [-0.3, -0.25) is 4.68 Å². The molecule has 0 aliphatic rings. The second kappa shape index (κ2) is 8.45. The van der Waals surface area contributed by atoms with Crippen molar-refractivity contribution in [2.45, 2.75) is 37.6 Å². The van der Waals surface area contributed by atoms with E-state index in [9.17, 15) is 13.2 Å². The Hall–Kier alpha value is -1.91. The molecule has 25 heavy (non-hydrogen) atoms. The van der Waals surface area contributed by atoms with Crippen molar-refractivity contribution < 1.29 is 13.2 Å². The van der Waals surface area contributed by atoms with E-state index in [0.717, 1.165) is 40.6 Å². The SMILES string of the molecule is CNS(=O)(=O)c1ccc(CNC(=O)NCCCn2nc(C)cc2C)s1. The highest BCUT2D eigenvalue weighted by Gasteiger charge is 2.14. The maximum atomic E-state index is 11.8. The minimum absolute atomic E-state index is 0.233. The van der Waals surface area contributed by atoms with E-state index in [1.54, 1.807) is 6.07 Å². The number of sulfonamides is 1. The van der Waals surface area contributed by atoms with E-state index in [2.05, 4.69) is 20.5 Å². The van der Waals surface area contributed by atoms with Crippen molar-refractivity contribution >= 4 is 27.4 Å². The summed E-state index contributed by atoms with van der Waals surface area (Å²) in [5.41, 5.74) is 2.09. The summed E-state index contributed by atoms with van der Waals surface area (Å²) < 4.78 is 27.7. The molecule has 2 amide bonds. The lowest BCUT2D eigenvalue weighted by molar-refractivity contribution is 0.240. The predicted molar refractivity (Wildman–Crippen MR) is 97.1 cm³/mol. The van der Waals surface area contributed by atoms with Crippen LogP contribution >= 0.6 is 11.3 Å². The van der Waals surface area contributed by atoms with Gasteiger partial charge in [-0.2, -0.15) is 5.10 Å². The minimum Gasteiger partial charge on any atom is -0.338 e. The molecule has 2 aromatic rings. The van der Waals surface area contributed by atoms with Crippen LogP contribution in [0, 0.1) is 13.8 Å². The molecule has 0 radical (unpaired) electrons. The van der Waals surface area contributed by atoms with Gasteiger partial charge < -0.3 is 10.6 Å². The first-order valence-corrected chi connectivity index (χ1v) is 10.2. The molecule has 138 valence electrons. The number of thiophene rings is 1. The van der Waals surface area contributed by atoms with Crippen molar-refractivity contribution in [2.24, 2.45) is 0 Å². The maximum Gasteiger partial charge on any atom is 0.315 e. The third-order valence-electron chi connectivity index (χ3n) is 3.53. The fraction of sp³-hybridized carbons (Fsp3) is 0.467. The summed E-state index contributed by atoms with van der Waals surface area (Å²) in [7, 11) is -2.06. The first-order valence-electron chi connectivity index (χ1n) is 7.87. The average molecular weight is 386 g/mol. The third kappa shape index (κ3) is 5.55. The van der Waals surface area contributed by atoms with Crippen molar-refractivity contribution in [1.29, 1.82) is 0 Å². The second-order valence-corrected chi connectivity index (χ2v) is 8.82. The van der Waals surface area contributed by atoms with Gasteiger partial charge in [0, 0.05) is 23.7 Å². The van der Waals surface area contributed by atoms with Crippen molar-refractivity contribution in [1.82, 2.24) is 25.1 Å². The van der Waals surface area contributed by atoms with E-state index >= 15 is 0 Å². The van der Waals surface area contributed by atoms with Crippen molar-refractivity contribution in [3.63, 3.8) is 0 Å². The summed E-state index contributed by atoms with van der Waals surface area (Å²) in [6.07, 6.45) is 0.777. The number of amides is 2. The van der Waals surface area contributed by atoms with Crippen LogP contribution in [0.1, 0.15) is 22.7 Å². The van der Waals surface area contributed by atoms with Gasteiger partial charge in [0.15, 0.2) is 0 Å². The molecule has 0 atom stereocenters. The number of nitrogens with one attached hydrogen (secondary N) is 3. The van der Waals surface area contributed by atoms with Gasteiger partial charge in [0.2, 0.25) is 10.0 Å². The molecule has 3 N–H and O–H groups in total. The molecule has 0 aliphatic heterocycles. The second-order valence-electron chi connectivity index (χ2n) is 5.54. The summed E-state index contributed by atoms with van der Waals surface area (Å²) >= 11 is 1.13. The van der Waals surface area contributed by atoms with Crippen LogP contribution in [0.3, 0.4) is 0 Å². The number of nitrogens with zero attached hydrogens (tertiary/aromatic N) is 2. The third-order valence-corrected chi connectivity index (χ3v) is 6.52. The lowest BCUT2D eigenvalue weighted by Crippen LogP contribution is -2.35. The Kier molecular flexibility index (Phi) is 6.57. The predicted octanol–water partition coefficient (Wildman–Crippen LogP) is 1.36. The molecule has 0 aromatic carbocycles. The Morgan fingerprint density at radius 1 is 1.28 bits per heavy atom. The fourth-order valence-electron chi connectivity index (χ4n) is 2.26. The average Bonchev–Trinajstić information content (AvgIpc) is 3.16. The Labute approximate surface area is 151 Å². The standard InChI is InChI=1S/C15H23N5O3S2/c1-11-9-12(2)20(19-11)8-4-7-17-15(21)18-10-13-5-6-14(24-13)25(22,23)16-3/h5-6,9,16H,4,7-8,10H2,1-3H3,(H2,17,18,21). The number of hydrogen-bond donors (Lipinski definition) is 3. The molecular formula is C15H23N5O3S2. The van der Waals surface area contributed by atoms with Crippen LogP contribution in [0.25, 0.3) is 0 Å². The van der Waals surface area contributed by atoms with Crippen LogP contribution in [0.2, 0.25) is 0 Å². The highest BCUT2D eigenvalue weighted by atomic mass is 32.2. The van der Waals surface area contributed by atoms with Crippen LogP contribution < -0.4 is 15.4 Å². The number of rotatable bonds is 8. The van der Waals surface area contributed by atoms with Crippen molar-refractivity contribution in [2.75, 3.05) is 13.6 Å². The number of aryl methyl sites for hydroxylation is 3. The zero-order chi connectivity index (χ0) is 18.4. The molecule has 2 heterocycles. The van der Waals surface area contributed by atoms with Crippen LogP contribution in [0.5, 0.6) is 0 Å². The highest BCUT2D eigenvalue weighted by molar-refractivity contribution is 7.91. The summed E-state index contributed by atoms with van der Waals surface area (Å²) in [4.78, 5) is 12.6. The van der Waals surface area contributed by atoms with Gasteiger partial charge in [0.25, 0.3) is 0 Å². The van der Waals surface area contributed by atoms with E-state index in [-0.39, 0.29) is 16.8 Å². The van der Waals surface area contributed by atoms with Crippen molar-refractivity contribution in [3.8, 4) is 0 Å². The number of carbonyl (C=O) groups is 1. The molecule has 0 fully saturated rings. The molecule has 0 bridgehead atoms. The number of aromatic nitrogens is 2. The Morgan fingerprint density at radius 3 is 2.68 bits per heavy atom. The van der Waals surface area contributed by atoms with E-state index < -0.39 is 10.0 Å². The van der Waals surface area contributed by atoms with Crippen LogP contribution in [-0.2, 0) is 23.1 Å². The maximum absolute atomic E-state index is 11.8. The summed E-state index contributed by atoms with van der Waals surface area (Å²) in [5, 5.41) is 9.87. The van der Waals surface area contributed by atoms with Gasteiger partial charge in [0.1, 0.15) is 4.21 Å². The summed E-state index contributed by atoms with van der Waals surface area (Å²) in [6, 6.07) is 4.96. The van der Waals surface area contributed by atoms with Crippen LogP contribution in [0.15, 0.2) is 22.4 Å². The highest BCUT2D eigenvalue weighted by Crippen LogP contribution is 2.20. The van der Waals surface area contributed by atoms with Gasteiger partial charge in [-0.1, -0.05) is 0 Å². The normalized spacial score (nSPS) is 11.5. The van der Waals surface area contributed by atoms with Gasteiger partial charge in [-0.25, -0.2) is 17.9 Å². The number of hydrogen-bond acceptors (Lipinski definition) is 5. The topological polar surface area (TPSA) is 105 Å². The van der Waals surface area contributed by atoms with Gasteiger partial charge in [-0.15, -0.1) is 11.3 Å². The molecule has 2 rings (SSSR count). The minimum atomic E-state index is -3.43. The van der Waals surface area contributed by atoms with E-state index in [0.29, 0.717) is 6.54 Å². The number of urea groups is 1. The van der Waals surface area contributed by atoms with Crippen LogP contribution in [0.4, 0.5) is 4.79 Å². The molecule has 0 aliphatic carbocycles.